The van der Waals surface area contributed by atoms with Crippen molar-refractivity contribution in [2.45, 2.75) is 83.4 Å². The number of hydrogen-bond donors (Lipinski definition) is 1. The Morgan fingerprint density at radius 3 is 2.55 bits per heavy atom. The van der Waals surface area contributed by atoms with E-state index < -0.39 is 5.60 Å². The van der Waals surface area contributed by atoms with Crippen molar-refractivity contribution >= 4 is 17.7 Å². The van der Waals surface area contributed by atoms with Gasteiger partial charge >= 0.3 is 6.09 Å². The van der Waals surface area contributed by atoms with Crippen LogP contribution in [0.1, 0.15) is 64.9 Å². The average molecular weight is 458 g/mol. The molecule has 0 spiro atoms. The number of aryl methyl sites for hydroxylation is 1. The molecule has 4 rings (SSSR count). The molecule has 0 bridgehead atoms. The Morgan fingerprint density at radius 2 is 1.85 bits per heavy atom. The van der Waals surface area contributed by atoms with Crippen LogP contribution < -0.4 is 15.0 Å². The summed E-state index contributed by atoms with van der Waals surface area (Å²) in [5.41, 5.74) is 2.17. The molecule has 0 unspecified atom stereocenters. The number of carbonyl (C=O) groups is 2. The lowest BCUT2D eigenvalue weighted by Crippen LogP contribution is -2.56. The predicted octanol–water partition coefficient (Wildman–Crippen LogP) is 4.13. The summed E-state index contributed by atoms with van der Waals surface area (Å²) in [4.78, 5) is 29.7. The topological polar surface area (TPSA) is 71.1 Å². The number of hydrogen-bond acceptors (Lipinski definition) is 5. The summed E-state index contributed by atoms with van der Waals surface area (Å²) in [5.74, 6) is 1.61. The van der Waals surface area contributed by atoms with Crippen LogP contribution in [-0.2, 0) is 16.0 Å². The highest BCUT2D eigenvalue weighted by Gasteiger charge is 2.34. The first-order chi connectivity index (χ1) is 15.7. The molecule has 182 valence electrons. The van der Waals surface area contributed by atoms with E-state index in [1.807, 2.05) is 26.8 Å². The van der Waals surface area contributed by atoms with Gasteiger partial charge in [0.05, 0.1) is 7.11 Å². The SMILES string of the molecule is COc1ccc2c(c1)CC[C@H]1CN(C(=O)CC3CCC(NC(=O)OC(C)(C)C)CC3)CCN21. The van der Waals surface area contributed by atoms with Crippen LogP contribution in [0.4, 0.5) is 10.5 Å². The van der Waals surface area contributed by atoms with Gasteiger partial charge in [0.1, 0.15) is 11.4 Å². The number of ether oxygens (including phenoxy) is 2. The molecule has 7 nitrogen and oxygen atoms in total. The zero-order valence-corrected chi connectivity index (χ0v) is 20.6. The van der Waals surface area contributed by atoms with Gasteiger partial charge in [-0.05, 0) is 89.0 Å². The number of anilines is 1. The minimum absolute atomic E-state index is 0.149. The zero-order chi connectivity index (χ0) is 23.6. The van der Waals surface area contributed by atoms with Gasteiger partial charge in [0.2, 0.25) is 5.91 Å². The first kappa shape index (κ1) is 23.7. The summed E-state index contributed by atoms with van der Waals surface area (Å²) >= 11 is 0. The Hall–Kier alpha value is -2.44. The van der Waals surface area contributed by atoms with Gasteiger partial charge in [0, 0.05) is 43.8 Å². The molecule has 1 atom stereocenters. The fraction of sp³-hybridized carbons (Fsp3) is 0.692. The summed E-state index contributed by atoms with van der Waals surface area (Å²) in [7, 11) is 1.71. The second-order valence-corrected chi connectivity index (χ2v) is 10.8. The Balaban J connectivity index is 1.23. The lowest BCUT2D eigenvalue weighted by Gasteiger charge is -2.46. The van der Waals surface area contributed by atoms with Crippen molar-refractivity contribution < 1.29 is 19.1 Å². The number of nitrogens with one attached hydrogen (secondary N) is 1. The average Bonchev–Trinajstić information content (AvgIpc) is 2.78. The van der Waals surface area contributed by atoms with Crippen molar-refractivity contribution in [3.05, 3.63) is 23.8 Å². The Bertz CT molecular complexity index is 858. The maximum atomic E-state index is 13.1. The summed E-state index contributed by atoms with van der Waals surface area (Å²) in [6, 6.07) is 6.90. The number of nitrogens with zero attached hydrogens (tertiary/aromatic N) is 2. The normalized spacial score (nSPS) is 25.0. The van der Waals surface area contributed by atoms with Crippen LogP contribution in [-0.4, -0.2) is 61.3 Å². The molecular weight excluding hydrogens is 418 g/mol. The van der Waals surface area contributed by atoms with Gasteiger partial charge in [-0.15, -0.1) is 0 Å². The number of fused-ring (bicyclic) bond motifs is 3. The van der Waals surface area contributed by atoms with E-state index in [1.54, 1.807) is 7.11 Å². The number of piperazine rings is 1. The number of methoxy groups -OCH3 is 1. The smallest absolute Gasteiger partial charge is 0.407 e. The Kier molecular flexibility index (Phi) is 7.05. The van der Waals surface area contributed by atoms with Crippen LogP contribution in [0.15, 0.2) is 18.2 Å². The number of alkyl carbamates (subject to hydrolysis) is 1. The Morgan fingerprint density at radius 1 is 1.09 bits per heavy atom. The molecule has 7 heteroatoms. The molecule has 0 aromatic heterocycles. The standard InChI is InChI=1S/C26H39N3O4/c1-26(2,3)33-25(31)27-20-8-5-18(6-9-20)15-24(30)28-13-14-29-21(17-28)10-7-19-16-22(32-4)11-12-23(19)29/h11-12,16,18,20-21H,5-10,13-15,17H2,1-4H3,(H,27,31)/t18?,20?,21-/m0/s1. The van der Waals surface area contributed by atoms with Gasteiger partial charge in [-0.1, -0.05) is 0 Å². The van der Waals surface area contributed by atoms with Crippen LogP contribution in [0.5, 0.6) is 5.75 Å². The monoisotopic (exact) mass is 457 g/mol. The second kappa shape index (κ2) is 9.82. The highest BCUT2D eigenvalue weighted by Crippen LogP contribution is 2.35. The van der Waals surface area contributed by atoms with Gasteiger partial charge in [0.15, 0.2) is 0 Å². The lowest BCUT2D eigenvalue weighted by molar-refractivity contribution is -0.133. The molecule has 1 aromatic carbocycles. The lowest BCUT2D eigenvalue weighted by atomic mass is 9.83. The van der Waals surface area contributed by atoms with E-state index >= 15 is 0 Å². The fourth-order valence-electron chi connectivity index (χ4n) is 5.50. The zero-order valence-electron chi connectivity index (χ0n) is 20.6. The van der Waals surface area contributed by atoms with Crippen LogP contribution in [0, 0.1) is 5.92 Å². The van der Waals surface area contributed by atoms with Crippen molar-refractivity contribution in [1.82, 2.24) is 10.2 Å². The van der Waals surface area contributed by atoms with Crippen molar-refractivity contribution in [3.63, 3.8) is 0 Å². The van der Waals surface area contributed by atoms with Gasteiger partial charge in [-0.3, -0.25) is 4.79 Å². The molecule has 2 fully saturated rings. The minimum Gasteiger partial charge on any atom is -0.497 e. The summed E-state index contributed by atoms with van der Waals surface area (Å²) < 4.78 is 10.8. The van der Waals surface area contributed by atoms with Crippen LogP contribution in [0.25, 0.3) is 0 Å². The van der Waals surface area contributed by atoms with E-state index in [2.05, 4.69) is 27.2 Å². The molecule has 33 heavy (non-hydrogen) atoms. The Labute approximate surface area is 197 Å². The molecule has 1 aliphatic carbocycles. The molecular formula is C26H39N3O4. The van der Waals surface area contributed by atoms with Crippen LogP contribution >= 0.6 is 0 Å². The molecule has 1 N–H and O–H groups in total. The van der Waals surface area contributed by atoms with Crippen LogP contribution in [0.2, 0.25) is 0 Å². The number of carbonyl (C=O) groups excluding carboxylic acids is 2. The van der Waals surface area contributed by atoms with E-state index in [0.29, 0.717) is 24.3 Å². The van der Waals surface area contributed by atoms with Crippen molar-refractivity contribution in [3.8, 4) is 5.75 Å². The molecule has 1 saturated heterocycles. The third kappa shape index (κ3) is 5.92. The van der Waals surface area contributed by atoms with E-state index in [0.717, 1.165) is 63.9 Å². The van der Waals surface area contributed by atoms with E-state index in [4.69, 9.17) is 9.47 Å². The summed E-state index contributed by atoms with van der Waals surface area (Å²) in [6.07, 6.45) is 6.17. The highest BCUT2D eigenvalue weighted by molar-refractivity contribution is 5.77. The fourth-order valence-corrected chi connectivity index (χ4v) is 5.50. The predicted molar refractivity (Wildman–Crippen MR) is 129 cm³/mol. The van der Waals surface area contributed by atoms with E-state index in [-0.39, 0.29) is 12.1 Å². The quantitative estimate of drug-likeness (QED) is 0.736. The van der Waals surface area contributed by atoms with Gasteiger partial charge in [-0.2, -0.15) is 0 Å². The van der Waals surface area contributed by atoms with Crippen molar-refractivity contribution in [1.29, 1.82) is 0 Å². The number of rotatable bonds is 4. The molecule has 2 aliphatic heterocycles. The van der Waals surface area contributed by atoms with Gasteiger partial charge in [0.25, 0.3) is 0 Å². The van der Waals surface area contributed by atoms with E-state index in [9.17, 15) is 9.59 Å². The summed E-state index contributed by atoms with van der Waals surface area (Å²) in [6.45, 7) is 8.12. The maximum Gasteiger partial charge on any atom is 0.407 e. The van der Waals surface area contributed by atoms with Crippen LogP contribution in [0.3, 0.4) is 0 Å². The summed E-state index contributed by atoms with van der Waals surface area (Å²) in [5, 5.41) is 2.99. The molecule has 1 saturated carbocycles. The first-order valence-corrected chi connectivity index (χ1v) is 12.4. The first-order valence-electron chi connectivity index (χ1n) is 12.4. The van der Waals surface area contributed by atoms with Crippen molar-refractivity contribution in [2.24, 2.45) is 5.92 Å². The van der Waals surface area contributed by atoms with Crippen molar-refractivity contribution in [2.75, 3.05) is 31.6 Å². The number of amides is 2. The van der Waals surface area contributed by atoms with Gasteiger partial charge < -0.3 is 24.6 Å². The van der Waals surface area contributed by atoms with E-state index in [1.165, 1.54) is 11.3 Å². The molecule has 3 aliphatic rings. The minimum atomic E-state index is -0.481. The molecule has 1 aromatic rings. The third-order valence-electron chi connectivity index (χ3n) is 7.21. The molecule has 2 amide bonds. The number of benzene rings is 1. The second-order valence-electron chi connectivity index (χ2n) is 10.8. The largest absolute Gasteiger partial charge is 0.497 e. The highest BCUT2D eigenvalue weighted by atomic mass is 16.6. The molecule has 2 heterocycles. The third-order valence-corrected chi connectivity index (χ3v) is 7.21. The molecule has 0 radical (unpaired) electrons. The van der Waals surface area contributed by atoms with Gasteiger partial charge in [-0.25, -0.2) is 4.79 Å². The maximum absolute atomic E-state index is 13.1.